The van der Waals surface area contributed by atoms with Gasteiger partial charge in [-0.3, -0.25) is 16.0 Å². The van der Waals surface area contributed by atoms with E-state index in [1.807, 2.05) is 24.0 Å². The largest absolute Gasteiger partial charge is 0.374 e. The third-order valence-electron chi connectivity index (χ3n) is 3.56. The summed E-state index contributed by atoms with van der Waals surface area (Å²) in [7, 11) is 1.97. The summed E-state index contributed by atoms with van der Waals surface area (Å²) in [5.41, 5.74) is 4.12. The minimum absolute atomic E-state index is 0.231. The summed E-state index contributed by atoms with van der Waals surface area (Å²) in [6.45, 7) is 2.12. The van der Waals surface area contributed by atoms with E-state index in [-0.39, 0.29) is 12.1 Å². The van der Waals surface area contributed by atoms with E-state index >= 15 is 0 Å². The Balaban J connectivity index is 1.86. The zero-order chi connectivity index (χ0) is 12.3. The average molecular weight is 238 g/mol. The molecule has 2 rings (SSSR count). The lowest BCUT2D eigenvalue weighted by atomic mass is 10.0. The van der Waals surface area contributed by atoms with Gasteiger partial charge in [0, 0.05) is 25.0 Å². The van der Waals surface area contributed by atoms with E-state index in [4.69, 9.17) is 10.6 Å². The SMILES string of the molecule is CC1CCC(C(CCc2ccnn2C)NN)O1. The van der Waals surface area contributed by atoms with Crippen LogP contribution in [0.3, 0.4) is 0 Å². The van der Waals surface area contributed by atoms with Gasteiger partial charge in [0.25, 0.3) is 0 Å². The van der Waals surface area contributed by atoms with Gasteiger partial charge in [-0.05, 0) is 38.7 Å². The molecule has 1 aromatic rings. The van der Waals surface area contributed by atoms with Crippen molar-refractivity contribution in [3.8, 4) is 0 Å². The normalized spacial score (nSPS) is 26.3. The number of aryl methyl sites for hydroxylation is 2. The average Bonchev–Trinajstić information content (AvgIpc) is 2.90. The first-order chi connectivity index (χ1) is 8.20. The van der Waals surface area contributed by atoms with Gasteiger partial charge in [-0.1, -0.05) is 0 Å². The van der Waals surface area contributed by atoms with Crippen molar-refractivity contribution in [3.05, 3.63) is 18.0 Å². The Labute approximate surface area is 102 Å². The number of ether oxygens (including phenoxy) is 1. The molecule has 0 aromatic carbocycles. The Morgan fingerprint density at radius 1 is 1.65 bits per heavy atom. The molecule has 0 saturated carbocycles. The van der Waals surface area contributed by atoms with E-state index in [0.717, 1.165) is 25.7 Å². The number of nitrogens with one attached hydrogen (secondary N) is 1. The molecule has 5 nitrogen and oxygen atoms in total. The molecule has 0 aliphatic carbocycles. The molecule has 3 atom stereocenters. The van der Waals surface area contributed by atoms with E-state index in [9.17, 15) is 0 Å². The summed E-state index contributed by atoms with van der Waals surface area (Å²) in [6, 6.07) is 2.28. The van der Waals surface area contributed by atoms with Crippen LogP contribution in [-0.4, -0.2) is 28.0 Å². The molecular weight excluding hydrogens is 216 g/mol. The van der Waals surface area contributed by atoms with Gasteiger partial charge in [0.2, 0.25) is 0 Å². The van der Waals surface area contributed by atoms with Crippen LogP contribution in [0, 0.1) is 0 Å². The van der Waals surface area contributed by atoms with Crippen LogP contribution < -0.4 is 11.3 Å². The molecule has 1 aliphatic rings. The Kier molecular flexibility index (Phi) is 4.15. The lowest BCUT2D eigenvalue weighted by Gasteiger charge is -2.22. The maximum atomic E-state index is 5.85. The Bertz CT molecular complexity index is 352. The minimum Gasteiger partial charge on any atom is -0.374 e. The lowest BCUT2D eigenvalue weighted by molar-refractivity contribution is 0.0300. The van der Waals surface area contributed by atoms with Crippen molar-refractivity contribution in [1.29, 1.82) is 0 Å². The molecule has 17 heavy (non-hydrogen) atoms. The molecule has 0 spiro atoms. The van der Waals surface area contributed by atoms with Gasteiger partial charge in [-0.15, -0.1) is 0 Å². The van der Waals surface area contributed by atoms with Crippen molar-refractivity contribution in [3.63, 3.8) is 0 Å². The van der Waals surface area contributed by atoms with E-state index in [2.05, 4.69) is 17.4 Å². The Morgan fingerprint density at radius 3 is 3.00 bits per heavy atom. The van der Waals surface area contributed by atoms with Crippen LogP contribution in [0.2, 0.25) is 0 Å². The van der Waals surface area contributed by atoms with E-state index in [1.165, 1.54) is 5.69 Å². The summed E-state index contributed by atoms with van der Waals surface area (Å²) in [5.74, 6) is 5.62. The zero-order valence-corrected chi connectivity index (χ0v) is 10.6. The van der Waals surface area contributed by atoms with Gasteiger partial charge >= 0.3 is 0 Å². The quantitative estimate of drug-likeness (QED) is 0.587. The first kappa shape index (κ1) is 12.5. The van der Waals surface area contributed by atoms with Crippen LogP contribution in [0.25, 0.3) is 0 Å². The number of nitrogens with zero attached hydrogens (tertiary/aromatic N) is 2. The highest BCUT2D eigenvalue weighted by molar-refractivity contribution is 5.01. The van der Waals surface area contributed by atoms with Crippen molar-refractivity contribution < 1.29 is 4.74 Å². The molecule has 3 N–H and O–H groups in total. The molecule has 0 amide bonds. The number of hydrogen-bond acceptors (Lipinski definition) is 4. The van der Waals surface area contributed by atoms with E-state index in [1.54, 1.807) is 0 Å². The van der Waals surface area contributed by atoms with Crippen LogP contribution in [-0.2, 0) is 18.2 Å². The van der Waals surface area contributed by atoms with Gasteiger partial charge in [-0.2, -0.15) is 5.10 Å². The third-order valence-corrected chi connectivity index (χ3v) is 3.56. The van der Waals surface area contributed by atoms with Gasteiger partial charge < -0.3 is 4.74 Å². The molecule has 0 radical (unpaired) electrons. The first-order valence-electron chi connectivity index (χ1n) is 6.29. The van der Waals surface area contributed by atoms with Gasteiger partial charge in [0.1, 0.15) is 0 Å². The van der Waals surface area contributed by atoms with Crippen molar-refractivity contribution >= 4 is 0 Å². The molecule has 3 unspecified atom stereocenters. The number of aromatic nitrogens is 2. The fraction of sp³-hybridized carbons (Fsp3) is 0.750. The van der Waals surface area contributed by atoms with Crippen LogP contribution in [0.4, 0.5) is 0 Å². The number of rotatable bonds is 5. The minimum atomic E-state index is 0.231. The molecule has 1 aliphatic heterocycles. The van der Waals surface area contributed by atoms with Crippen LogP contribution in [0.15, 0.2) is 12.3 Å². The van der Waals surface area contributed by atoms with Crippen LogP contribution >= 0.6 is 0 Å². The zero-order valence-electron chi connectivity index (χ0n) is 10.6. The summed E-state index contributed by atoms with van der Waals surface area (Å²) in [5, 5.41) is 4.16. The lowest BCUT2D eigenvalue weighted by Crippen LogP contribution is -2.44. The van der Waals surface area contributed by atoms with Crippen LogP contribution in [0.5, 0.6) is 0 Å². The maximum absolute atomic E-state index is 5.85. The molecule has 96 valence electrons. The van der Waals surface area contributed by atoms with E-state index < -0.39 is 0 Å². The van der Waals surface area contributed by atoms with Crippen molar-refractivity contribution in [2.75, 3.05) is 0 Å². The van der Waals surface area contributed by atoms with Gasteiger partial charge in [0.15, 0.2) is 0 Å². The smallest absolute Gasteiger partial charge is 0.0746 e. The second-order valence-electron chi connectivity index (χ2n) is 4.82. The fourth-order valence-corrected chi connectivity index (χ4v) is 2.46. The summed E-state index contributed by atoms with van der Waals surface area (Å²) >= 11 is 0. The summed E-state index contributed by atoms with van der Waals surface area (Å²) in [6.07, 6.45) is 6.63. The highest BCUT2D eigenvalue weighted by Crippen LogP contribution is 2.23. The monoisotopic (exact) mass is 238 g/mol. The Morgan fingerprint density at radius 2 is 2.47 bits per heavy atom. The molecule has 1 saturated heterocycles. The van der Waals surface area contributed by atoms with Crippen molar-refractivity contribution in [2.24, 2.45) is 12.9 Å². The number of hydrazine groups is 1. The summed E-state index contributed by atoms with van der Waals surface area (Å²) in [4.78, 5) is 0. The Hall–Kier alpha value is -0.910. The highest BCUT2D eigenvalue weighted by Gasteiger charge is 2.28. The van der Waals surface area contributed by atoms with Gasteiger partial charge in [-0.25, -0.2) is 0 Å². The molecule has 2 heterocycles. The molecular formula is C12H22N4O. The van der Waals surface area contributed by atoms with Crippen LogP contribution in [0.1, 0.15) is 31.9 Å². The van der Waals surface area contributed by atoms with Gasteiger partial charge in [0.05, 0.1) is 12.2 Å². The predicted octanol–water partition coefficient (Wildman–Crippen LogP) is 0.752. The predicted molar refractivity (Wildman–Crippen MR) is 66.2 cm³/mol. The second-order valence-corrected chi connectivity index (χ2v) is 4.82. The molecule has 1 aromatic heterocycles. The maximum Gasteiger partial charge on any atom is 0.0746 e. The molecule has 1 fully saturated rings. The second kappa shape index (κ2) is 5.62. The highest BCUT2D eigenvalue weighted by atomic mass is 16.5. The number of nitrogens with two attached hydrogens (primary N) is 1. The molecule has 5 heteroatoms. The van der Waals surface area contributed by atoms with Crippen molar-refractivity contribution in [1.82, 2.24) is 15.2 Å². The van der Waals surface area contributed by atoms with Crippen molar-refractivity contribution in [2.45, 2.75) is 50.9 Å². The molecule has 0 bridgehead atoms. The number of hydrogen-bond donors (Lipinski definition) is 2. The standard InChI is InChI=1S/C12H22N4O/c1-9-3-6-12(17-9)11(15-13)5-4-10-7-8-14-16(10)2/h7-9,11-12,15H,3-6,13H2,1-2H3. The fourth-order valence-electron chi connectivity index (χ4n) is 2.46. The van der Waals surface area contributed by atoms with E-state index in [0.29, 0.717) is 6.10 Å². The topological polar surface area (TPSA) is 65.1 Å². The summed E-state index contributed by atoms with van der Waals surface area (Å²) < 4.78 is 7.76. The first-order valence-corrected chi connectivity index (χ1v) is 6.29. The third kappa shape index (κ3) is 3.06.